The number of aliphatic hydroxyl groups is 1. The molecule has 0 saturated carbocycles. The molecule has 0 aliphatic heterocycles. The van der Waals surface area contributed by atoms with Gasteiger partial charge in [-0.25, -0.2) is 8.42 Å². The summed E-state index contributed by atoms with van der Waals surface area (Å²) in [6.45, 7) is 1.73. The Labute approximate surface area is 122 Å². The lowest BCUT2D eigenvalue weighted by Gasteiger charge is -2.13. The fourth-order valence-corrected chi connectivity index (χ4v) is 2.45. The van der Waals surface area contributed by atoms with Crippen LogP contribution in [0.4, 0.5) is 5.69 Å². The minimum atomic E-state index is -3.57. The lowest BCUT2D eigenvalue weighted by atomic mass is 10.2. The zero-order chi connectivity index (χ0) is 16.2. The Bertz CT molecular complexity index is 655. The predicted molar refractivity (Wildman–Crippen MR) is 79.1 cm³/mol. The van der Waals surface area contributed by atoms with E-state index in [0.29, 0.717) is 0 Å². The van der Waals surface area contributed by atoms with Gasteiger partial charge in [-0.1, -0.05) is 0 Å². The van der Waals surface area contributed by atoms with E-state index in [9.17, 15) is 18.3 Å². The molecule has 1 aromatic carbocycles. The predicted octanol–water partition coefficient (Wildman–Crippen LogP) is -0.494. The summed E-state index contributed by atoms with van der Waals surface area (Å²) in [5.74, 6) is -1.20. The Hall–Kier alpha value is -2.13. The van der Waals surface area contributed by atoms with Crippen LogP contribution < -0.4 is 16.4 Å². The zero-order valence-electron chi connectivity index (χ0n) is 11.7. The van der Waals surface area contributed by atoms with E-state index in [1.54, 1.807) is 6.92 Å². The van der Waals surface area contributed by atoms with Gasteiger partial charge in [-0.05, 0) is 25.1 Å². The quantitative estimate of drug-likeness (QED) is 0.366. The maximum atomic E-state index is 11.8. The molecule has 1 atom stereocenters. The van der Waals surface area contributed by atoms with Gasteiger partial charge in [0.15, 0.2) is 15.8 Å². The van der Waals surface area contributed by atoms with Gasteiger partial charge >= 0.3 is 0 Å². The molecule has 0 aromatic heterocycles. The maximum absolute atomic E-state index is 11.8. The van der Waals surface area contributed by atoms with Crippen molar-refractivity contribution in [1.82, 2.24) is 5.32 Å². The van der Waals surface area contributed by atoms with E-state index >= 15 is 0 Å². The lowest BCUT2D eigenvalue weighted by molar-refractivity contribution is 0.0976. The summed E-state index contributed by atoms with van der Waals surface area (Å²) in [6, 6.07) is 4.02. The SMILES string of the molecule is C[C@H](O)CNc1ccc(C(=O)NC(=N)N)cc1S(C)(=O)=O. The minimum Gasteiger partial charge on any atom is -0.392 e. The molecule has 1 amide bonds. The third-order valence-corrected chi connectivity index (χ3v) is 3.62. The Balaban J connectivity index is 3.19. The molecule has 0 fully saturated rings. The van der Waals surface area contributed by atoms with Gasteiger partial charge in [-0.15, -0.1) is 0 Å². The maximum Gasteiger partial charge on any atom is 0.257 e. The van der Waals surface area contributed by atoms with E-state index < -0.39 is 27.8 Å². The Morgan fingerprint density at radius 1 is 1.48 bits per heavy atom. The van der Waals surface area contributed by atoms with E-state index in [2.05, 4.69) is 10.6 Å². The number of guanidine groups is 1. The molecule has 0 heterocycles. The van der Waals surface area contributed by atoms with E-state index in [1.165, 1.54) is 18.2 Å². The Kier molecular flexibility index (Phi) is 5.28. The van der Waals surface area contributed by atoms with Gasteiger partial charge in [0.05, 0.1) is 16.7 Å². The molecule has 0 spiro atoms. The van der Waals surface area contributed by atoms with Crippen LogP contribution in [0, 0.1) is 5.41 Å². The second kappa shape index (κ2) is 6.55. The van der Waals surface area contributed by atoms with E-state index in [4.69, 9.17) is 11.1 Å². The van der Waals surface area contributed by atoms with Crippen molar-refractivity contribution in [2.45, 2.75) is 17.9 Å². The molecule has 0 unspecified atom stereocenters. The smallest absolute Gasteiger partial charge is 0.257 e. The van der Waals surface area contributed by atoms with Gasteiger partial charge in [-0.3, -0.25) is 15.5 Å². The Morgan fingerprint density at radius 2 is 2.10 bits per heavy atom. The topological polar surface area (TPSA) is 145 Å². The number of nitrogens with two attached hydrogens (primary N) is 1. The third-order valence-electron chi connectivity index (χ3n) is 2.48. The summed E-state index contributed by atoms with van der Waals surface area (Å²) < 4.78 is 23.6. The van der Waals surface area contributed by atoms with Gasteiger partial charge in [0, 0.05) is 18.4 Å². The average molecular weight is 314 g/mol. The van der Waals surface area contributed by atoms with Crippen LogP contribution in [0.25, 0.3) is 0 Å². The van der Waals surface area contributed by atoms with Crippen molar-refractivity contribution in [3.05, 3.63) is 23.8 Å². The highest BCUT2D eigenvalue weighted by Crippen LogP contribution is 2.23. The number of hydrogen-bond donors (Lipinski definition) is 5. The second-order valence-corrected chi connectivity index (χ2v) is 6.56. The molecule has 0 aliphatic carbocycles. The first-order valence-corrected chi connectivity index (χ1v) is 7.92. The van der Waals surface area contributed by atoms with Crippen LogP contribution in [0.3, 0.4) is 0 Å². The Morgan fingerprint density at radius 3 is 2.57 bits per heavy atom. The highest BCUT2D eigenvalue weighted by atomic mass is 32.2. The number of rotatable bonds is 5. The van der Waals surface area contributed by atoms with Gasteiger partial charge in [-0.2, -0.15) is 0 Å². The van der Waals surface area contributed by atoms with Crippen LogP contribution in [0.1, 0.15) is 17.3 Å². The fourth-order valence-electron chi connectivity index (χ4n) is 1.57. The molecule has 0 saturated heterocycles. The van der Waals surface area contributed by atoms with Gasteiger partial charge in [0.25, 0.3) is 5.91 Å². The van der Waals surface area contributed by atoms with E-state index in [0.717, 1.165) is 6.26 Å². The molecule has 8 nitrogen and oxygen atoms in total. The number of carbonyl (C=O) groups excluding carboxylic acids is 1. The summed E-state index contributed by atoms with van der Waals surface area (Å²) in [4.78, 5) is 11.7. The van der Waals surface area contributed by atoms with Crippen molar-refractivity contribution >= 4 is 27.4 Å². The lowest BCUT2D eigenvalue weighted by Crippen LogP contribution is -2.35. The van der Waals surface area contributed by atoms with Crippen molar-refractivity contribution in [2.75, 3.05) is 18.1 Å². The number of sulfone groups is 1. The molecule has 0 aliphatic rings. The third kappa shape index (κ3) is 5.04. The highest BCUT2D eigenvalue weighted by molar-refractivity contribution is 7.90. The van der Waals surface area contributed by atoms with Gasteiger partial charge in [0.1, 0.15) is 0 Å². The van der Waals surface area contributed by atoms with Crippen molar-refractivity contribution in [3.63, 3.8) is 0 Å². The summed E-state index contributed by atoms with van der Waals surface area (Å²) in [7, 11) is -3.57. The number of nitrogens with one attached hydrogen (secondary N) is 3. The van der Waals surface area contributed by atoms with Gasteiger partial charge in [0.2, 0.25) is 0 Å². The van der Waals surface area contributed by atoms with Crippen molar-refractivity contribution in [2.24, 2.45) is 5.73 Å². The standard InChI is InChI=1S/C12H18N4O4S/c1-7(17)6-15-9-4-3-8(11(18)16-12(13)14)5-10(9)21(2,19)20/h3-5,7,15,17H,6H2,1-2H3,(H4,13,14,16,18)/t7-/m0/s1. The van der Waals surface area contributed by atoms with Crippen molar-refractivity contribution < 1.29 is 18.3 Å². The van der Waals surface area contributed by atoms with E-state index in [1.807, 2.05) is 0 Å². The summed E-state index contributed by atoms with van der Waals surface area (Å²) in [5, 5.41) is 21.1. The van der Waals surface area contributed by atoms with Crippen LogP contribution in [0.15, 0.2) is 23.1 Å². The highest BCUT2D eigenvalue weighted by Gasteiger charge is 2.17. The second-order valence-electron chi connectivity index (χ2n) is 4.58. The summed E-state index contributed by atoms with van der Waals surface area (Å²) in [5.41, 5.74) is 5.41. The number of hydrogen-bond acceptors (Lipinski definition) is 6. The van der Waals surface area contributed by atoms with Crippen LogP contribution in [0.2, 0.25) is 0 Å². The first-order chi connectivity index (χ1) is 9.61. The number of carbonyl (C=O) groups is 1. The number of amides is 1. The largest absolute Gasteiger partial charge is 0.392 e. The van der Waals surface area contributed by atoms with Crippen LogP contribution in [0.5, 0.6) is 0 Å². The molecule has 9 heteroatoms. The molecule has 0 radical (unpaired) electrons. The molecule has 1 aromatic rings. The monoisotopic (exact) mass is 314 g/mol. The minimum absolute atomic E-state index is 0.0632. The van der Waals surface area contributed by atoms with Crippen molar-refractivity contribution in [1.29, 1.82) is 5.41 Å². The van der Waals surface area contributed by atoms with Crippen molar-refractivity contribution in [3.8, 4) is 0 Å². The molecule has 0 bridgehead atoms. The number of benzene rings is 1. The van der Waals surface area contributed by atoms with Crippen LogP contribution >= 0.6 is 0 Å². The summed E-state index contributed by atoms with van der Waals surface area (Å²) in [6.07, 6.45) is 0.362. The number of anilines is 1. The van der Waals surface area contributed by atoms with Gasteiger partial charge < -0.3 is 16.2 Å². The molecule has 116 valence electrons. The van der Waals surface area contributed by atoms with Crippen LogP contribution in [-0.4, -0.2) is 44.3 Å². The van der Waals surface area contributed by atoms with E-state index in [-0.39, 0.29) is 22.7 Å². The molecule has 1 rings (SSSR count). The number of aliphatic hydroxyl groups excluding tert-OH is 1. The van der Waals surface area contributed by atoms with Crippen LogP contribution in [-0.2, 0) is 9.84 Å². The first kappa shape index (κ1) is 16.9. The molecule has 21 heavy (non-hydrogen) atoms. The zero-order valence-corrected chi connectivity index (χ0v) is 12.5. The first-order valence-electron chi connectivity index (χ1n) is 6.02. The molecular weight excluding hydrogens is 296 g/mol. The molecular formula is C12H18N4O4S. The normalized spacial score (nSPS) is 12.5. The average Bonchev–Trinajstić information content (AvgIpc) is 2.34. The molecule has 6 N–H and O–H groups in total. The summed E-state index contributed by atoms with van der Waals surface area (Å²) >= 11 is 0. The fraction of sp³-hybridized carbons (Fsp3) is 0.333.